The van der Waals surface area contributed by atoms with Crippen molar-refractivity contribution in [2.45, 2.75) is 13.5 Å². The van der Waals surface area contributed by atoms with Gasteiger partial charge in [0.2, 0.25) is 18.6 Å². The molecule has 5 rings (SSSR count). The van der Waals surface area contributed by atoms with Crippen molar-refractivity contribution < 1.29 is 18.6 Å². The van der Waals surface area contributed by atoms with Gasteiger partial charge >= 0.3 is 0 Å². The zero-order chi connectivity index (χ0) is 21.2. The standard InChI is InChI=1S/C22H18FN5O3/c1-2-29-21-19-20(27-22(28-21)25-10-13-3-6-15(23)7-4-13)24-11-16(26-19)14-5-8-17-18(9-14)31-12-30-17/h3-9,11H,2,10,12H2,1H3,(H,24,25,27,28). The molecule has 9 heteroatoms. The number of benzene rings is 2. The monoisotopic (exact) mass is 419 g/mol. The lowest BCUT2D eigenvalue weighted by Crippen LogP contribution is -2.07. The first-order valence-corrected chi connectivity index (χ1v) is 9.75. The Labute approximate surface area is 177 Å². The Morgan fingerprint density at radius 1 is 1.03 bits per heavy atom. The summed E-state index contributed by atoms with van der Waals surface area (Å²) in [6, 6.07) is 11.8. The van der Waals surface area contributed by atoms with Crippen LogP contribution in [0.3, 0.4) is 0 Å². The third-order valence-corrected chi connectivity index (χ3v) is 4.69. The molecular weight excluding hydrogens is 401 g/mol. The van der Waals surface area contributed by atoms with Gasteiger partial charge in [0, 0.05) is 12.1 Å². The summed E-state index contributed by atoms with van der Waals surface area (Å²) in [7, 11) is 0. The first kappa shape index (κ1) is 19.0. The highest BCUT2D eigenvalue weighted by atomic mass is 19.1. The fourth-order valence-electron chi connectivity index (χ4n) is 3.18. The summed E-state index contributed by atoms with van der Waals surface area (Å²) < 4.78 is 29.6. The number of nitrogens with zero attached hydrogens (tertiary/aromatic N) is 4. The molecule has 156 valence electrons. The van der Waals surface area contributed by atoms with E-state index in [1.54, 1.807) is 18.3 Å². The lowest BCUT2D eigenvalue weighted by Gasteiger charge is -2.10. The Kier molecular flexibility index (Phi) is 4.91. The molecular formula is C22H18FN5O3. The van der Waals surface area contributed by atoms with Crippen LogP contribution in [-0.4, -0.2) is 33.3 Å². The van der Waals surface area contributed by atoms with E-state index in [0.717, 1.165) is 11.1 Å². The highest BCUT2D eigenvalue weighted by Crippen LogP contribution is 2.35. The first-order chi connectivity index (χ1) is 15.2. The summed E-state index contributed by atoms with van der Waals surface area (Å²) in [5, 5.41) is 3.12. The molecule has 0 amide bonds. The van der Waals surface area contributed by atoms with Crippen LogP contribution < -0.4 is 19.5 Å². The second-order valence-electron chi connectivity index (χ2n) is 6.76. The SMILES string of the molecule is CCOc1nc(NCc2ccc(F)cc2)nc2ncc(-c3ccc4c(c3)OCO4)nc12. The average Bonchev–Trinajstić information content (AvgIpc) is 3.27. The minimum Gasteiger partial charge on any atom is -0.476 e. The van der Waals surface area contributed by atoms with Crippen molar-refractivity contribution in [3.8, 4) is 28.6 Å². The normalized spacial score (nSPS) is 12.2. The van der Waals surface area contributed by atoms with Crippen molar-refractivity contribution in [1.82, 2.24) is 19.9 Å². The Morgan fingerprint density at radius 2 is 1.87 bits per heavy atom. The molecule has 2 aromatic heterocycles. The Morgan fingerprint density at radius 3 is 2.71 bits per heavy atom. The number of hydrogen-bond donors (Lipinski definition) is 1. The maximum absolute atomic E-state index is 13.1. The van der Waals surface area contributed by atoms with Crippen LogP contribution in [0.1, 0.15) is 12.5 Å². The number of fused-ring (bicyclic) bond motifs is 2. The quantitative estimate of drug-likeness (QED) is 0.502. The second kappa shape index (κ2) is 8.02. The molecule has 1 aliphatic rings. The van der Waals surface area contributed by atoms with Crippen molar-refractivity contribution in [2.75, 3.05) is 18.7 Å². The Balaban J connectivity index is 1.47. The molecule has 2 aromatic carbocycles. The minimum atomic E-state index is -0.280. The smallest absolute Gasteiger partial charge is 0.247 e. The van der Waals surface area contributed by atoms with Crippen molar-refractivity contribution in [1.29, 1.82) is 0 Å². The number of nitrogens with one attached hydrogen (secondary N) is 1. The van der Waals surface area contributed by atoms with Crippen LogP contribution in [0, 0.1) is 5.82 Å². The van der Waals surface area contributed by atoms with Crippen LogP contribution >= 0.6 is 0 Å². The van der Waals surface area contributed by atoms with E-state index in [1.165, 1.54) is 12.1 Å². The second-order valence-corrected chi connectivity index (χ2v) is 6.76. The zero-order valence-corrected chi connectivity index (χ0v) is 16.6. The van der Waals surface area contributed by atoms with Gasteiger partial charge in [-0.1, -0.05) is 12.1 Å². The van der Waals surface area contributed by atoms with E-state index in [9.17, 15) is 4.39 Å². The summed E-state index contributed by atoms with van der Waals surface area (Å²) in [5.74, 6) is 1.78. The van der Waals surface area contributed by atoms with Gasteiger partial charge in [0.05, 0.1) is 18.5 Å². The highest BCUT2D eigenvalue weighted by Gasteiger charge is 2.17. The van der Waals surface area contributed by atoms with E-state index in [-0.39, 0.29) is 12.6 Å². The van der Waals surface area contributed by atoms with Crippen LogP contribution in [0.15, 0.2) is 48.7 Å². The van der Waals surface area contributed by atoms with E-state index >= 15 is 0 Å². The molecule has 0 saturated heterocycles. The summed E-state index contributed by atoms with van der Waals surface area (Å²) in [6.45, 7) is 2.92. The molecule has 0 bridgehead atoms. The number of aromatic nitrogens is 4. The molecule has 0 radical (unpaired) electrons. The van der Waals surface area contributed by atoms with Gasteiger partial charge in [0.1, 0.15) is 5.82 Å². The average molecular weight is 419 g/mol. The van der Waals surface area contributed by atoms with E-state index in [2.05, 4.69) is 25.3 Å². The highest BCUT2D eigenvalue weighted by molar-refractivity contribution is 5.79. The summed E-state index contributed by atoms with van der Waals surface area (Å²) in [4.78, 5) is 18.0. The molecule has 1 N–H and O–H groups in total. The molecule has 0 aliphatic carbocycles. The van der Waals surface area contributed by atoms with Crippen LogP contribution in [-0.2, 0) is 6.54 Å². The fourth-order valence-corrected chi connectivity index (χ4v) is 3.18. The predicted octanol–water partition coefficient (Wildman–Crippen LogP) is 3.97. The summed E-state index contributed by atoms with van der Waals surface area (Å²) >= 11 is 0. The molecule has 0 fully saturated rings. The molecule has 0 spiro atoms. The van der Waals surface area contributed by atoms with E-state index < -0.39 is 0 Å². The van der Waals surface area contributed by atoms with Crippen LogP contribution in [0.2, 0.25) is 0 Å². The van der Waals surface area contributed by atoms with E-state index in [1.807, 2.05) is 25.1 Å². The molecule has 3 heterocycles. The number of anilines is 1. The molecule has 31 heavy (non-hydrogen) atoms. The van der Waals surface area contributed by atoms with Gasteiger partial charge in [-0.05, 0) is 42.8 Å². The lowest BCUT2D eigenvalue weighted by atomic mass is 10.1. The summed E-state index contributed by atoms with van der Waals surface area (Å²) in [6.07, 6.45) is 1.65. The van der Waals surface area contributed by atoms with Crippen LogP contribution in [0.5, 0.6) is 17.4 Å². The predicted molar refractivity (Wildman–Crippen MR) is 112 cm³/mol. The van der Waals surface area contributed by atoms with Crippen molar-refractivity contribution >= 4 is 17.1 Å². The Bertz CT molecular complexity index is 1250. The van der Waals surface area contributed by atoms with Gasteiger partial charge in [-0.2, -0.15) is 9.97 Å². The van der Waals surface area contributed by atoms with Gasteiger partial charge < -0.3 is 19.5 Å². The minimum absolute atomic E-state index is 0.207. The van der Waals surface area contributed by atoms with Crippen molar-refractivity contribution in [3.63, 3.8) is 0 Å². The number of rotatable bonds is 6. The van der Waals surface area contributed by atoms with Gasteiger partial charge in [-0.25, -0.2) is 14.4 Å². The van der Waals surface area contributed by atoms with Crippen molar-refractivity contribution in [2.24, 2.45) is 0 Å². The zero-order valence-electron chi connectivity index (χ0n) is 16.6. The number of ether oxygens (including phenoxy) is 3. The largest absolute Gasteiger partial charge is 0.476 e. The Hall–Kier alpha value is -4.01. The van der Waals surface area contributed by atoms with Crippen LogP contribution in [0.4, 0.5) is 10.3 Å². The molecule has 0 atom stereocenters. The fraction of sp³-hybridized carbons (Fsp3) is 0.182. The maximum atomic E-state index is 13.1. The molecule has 0 unspecified atom stereocenters. The topological polar surface area (TPSA) is 91.3 Å². The summed E-state index contributed by atoms with van der Waals surface area (Å²) in [5.41, 5.74) is 3.24. The van der Waals surface area contributed by atoms with Crippen molar-refractivity contribution in [3.05, 3.63) is 60.0 Å². The van der Waals surface area contributed by atoms with Crippen LogP contribution in [0.25, 0.3) is 22.4 Å². The van der Waals surface area contributed by atoms with E-state index in [4.69, 9.17) is 14.2 Å². The maximum Gasteiger partial charge on any atom is 0.247 e. The van der Waals surface area contributed by atoms with E-state index in [0.29, 0.717) is 53.3 Å². The van der Waals surface area contributed by atoms with Gasteiger partial charge in [0.15, 0.2) is 22.7 Å². The number of hydrogen-bond acceptors (Lipinski definition) is 8. The molecule has 1 aliphatic heterocycles. The lowest BCUT2D eigenvalue weighted by molar-refractivity contribution is 0.174. The number of halogens is 1. The third-order valence-electron chi connectivity index (χ3n) is 4.69. The third kappa shape index (κ3) is 3.89. The van der Waals surface area contributed by atoms with Gasteiger partial charge in [-0.3, -0.25) is 0 Å². The van der Waals surface area contributed by atoms with Gasteiger partial charge in [0.25, 0.3) is 0 Å². The van der Waals surface area contributed by atoms with Gasteiger partial charge in [-0.15, -0.1) is 0 Å². The molecule has 4 aromatic rings. The first-order valence-electron chi connectivity index (χ1n) is 9.75. The molecule has 8 nitrogen and oxygen atoms in total. The molecule has 0 saturated carbocycles.